The van der Waals surface area contributed by atoms with Crippen molar-refractivity contribution in [2.24, 2.45) is 0 Å². The van der Waals surface area contributed by atoms with Crippen molar-refractivity contribution in [1.29, 1.82) is 0 Å². The smallest absolute Gasteiger partial charge is 0.355 e. The van der Waals surface area contributed by atoms with Gasteiger partial charge in [0.05, 0.1) is 23.3 Å². The minimum atomic E-state index is -0.813. The van der Waals surface area contributed by atoms with Crippen LogP contribution in [0, 0.1) is 11.6 Å². The lowest BCUT2D eigenvalue weighted by atomic mass is 9.96. The van der Waals surface area contributed by atoms with Crippen LogP contribution >= 0.6 is 0 Å². The first-order valence-corrected chi connectivity index (χ1v) is 15.4. The summed E-state index contributed by atoms with van der Waals surface area (Å²) in [4.78, 5) is 54.9. The Balaban J connectivity index is 1.72. The van der Waals surface area contributed by atoms with Crippen molar-refractivity contribution in [1.82, 2.24) is 19.4 Å². The van der Waals surface area contributed by atoms with E-state index in [9.17, 15) is 14.4 Å². The number of likely N-dealkylation sites (N-methyl/N-ethyl adjacent to an activating group) is 1. The van der Waals surface area contributed by atoms with Gasteiger partial charge in [0.1, 0.15) is 23.1 Å². The highest BCUT2D eigenvalue weighted by molar-refractivity contribution is 5.94. The van der Waals surface area contributed by atoms with Gasteiger partial charge in [0.2, 0.25) is 5.91 Å². The number of hydrogen-bond acceptors (Lipinski definition) is 7. The third kappa shape index (κ3) is 5.13. The Morgan fingerprint density at radius 3 is 2.48 bits per heavy atom. The number of nitrogens with zero attached hydrogens (tertiary/aromatic N) is 6. The Labute approximate surface area is 265 Å². The number of anilines is 2. The number of ketones is 1. The number of hydrogen-bond donors (Lipinski definition) is 0. The van der Waals surface area contributed by atoms with Crippen molar-refractivity contribution < 1.29 is 18.4 Å². The van der Waals surface area contributed by atoms with Crippen molar-refractivity contribution in [2.45, 2.75) is 52.1 Å². The van der Waals surface area contributed by atoms with E-state index in [1.165, 1.54) is 28.8 Å². The molecule has 6 rings (SSSR count). The average Bonchev–Trinajstić information content (AvgIpc) is 3.00. The molecule has 0 saturated carbocycles. The predicted octanol–water partition coefficient (Wildman–Crippen LogP) is 5.02. The molecule has 2 aliphatic rings. The minimum absolute atomic E-state index is 0.0269. The van der Waals surface area contributed by atoms with E-state index in [0.29, 0.717) is 30.0 Å². The lowest BCUT2D eigenvalue weighted by molar-refractivity contribution is -0.128. The molecule has 2 aliphatic heterocycles. The number of benzene rings is 2. The summed E-state index contributed by atoms with van der Waals surface area (Å²) in [6.45, 7) is 12.0. The fourth-order valence-corrected chi connectivity index (χ4v) is 6.71. The van der Waals surface area contributed by atoms with Gasteiger partial charge < -0.3 is 14.7 Å². The molecule has 4 aromatic rings. The van der Waals surface area contributed by atoms with Crippen molar-refractivity contribution in [3.8, 4) is 16.9 Å². The highest BCUT2D eigenvalue weighted by Crippen LogP contribution is 2.38. The first-order valence-electron chi connectivity index (χ1n) is 15.4. The van der Waals surface area contributed by atoms with Gasteiger partial charge >= 0.3 is 5.69 Å². The van der Waals surface area contributed by atoms with E-state index in [1.54, 1.807) is 22.9 Å². The highest BCUT2D eigenvalue weighted by Gasteiger charge is 2.35. The number of Topliss-reactive ketones (excluding diaryl/α,β-unsaturated/α-hetero) is 1. The quantitative estimate of drug-likeness (QED) is 0.295. The van der Waals surface area contributed by atoms with Gasteiger partial charge in [0.15, 0.2) is 11.4 Å². The zero-order valence-electron chi connectivity index (χ0n) is 26.6. The molecule has 2 atom stereocenters. The molecule has 11 heteroatoms. The van der Waals surface area contributed by atoms with Crippen LogP contribution < -0.4 is 15.5 Å². The van der Waals surface area contributed by atoms with Gasteiger partial charge in [-0.25, -0.2) is 23.1 Å². The van der Waals surface area contributed by atoms with E-state index in [0.717, 1.165) is 5.56 Å². The average molecular weight is 627 g/mol. The number of carbonyl (C=O) groups excluding carboxylic acids is 2. The number of amides is 1. The first kappa shape index (κ1) is 31.1. The largest absolute Gasteiger partial charge is 0.366 e. The summed E-state index contributed by atoms with van der Waals surface area (Å²) < 4.78 is 33.2. The van der Waals surface area contributed by atoms with Crippen LogP contribution in [-0.2, 0) is 16.0 Å². The summed E-state index contributed by atoms with van der Waals surface area (Å²) in [6, 6.07) is 10.6. The van der Waals surface area contributed by atoms with Crippen molar-refractivity contribution in [2.75, 3.05) is 36.5 Å². The molecule has 4 heterocycles. The Hall–Kier alpha value is -4.93. The number of aromatic nitrogens is 3. The van der Waals surface area contributed by atoms with E-state index in [-0.39, 0.29) is 70.8 Å². The summed E-state index contributed by atoms with van der Waals surface area (Å²) in [7, 11) is 1.76. The van der Waals surface area contributed by atoms with Crippen LogP contribution in [0.5, 0.6) is 0 Å². The second kappa shape index (κ2) is 11.8. The number of fused-ring (bicyclic) bond motifs is 5. The molecule has 238 valence electrons. The second-order valence-electron chi connectivity index (χ2n) is 12.5. The van der Waals surface area contributed by atoms with E-state index >= 15 is 8.78 Å². The van der Waals surface area contributed by atoms with Gasteiger partial charge in [-0.15, -0.1) is 0 Å². The van der Waals surface area contributed by atoms with Crippen LogP contribution in [0.25, 0.3) is 28.0 Å². The van der Waals surface area contributed by atoms with Gasteiger partial charge in [-0.05, 0) is 55.2 Å². The lowest BCUT2D eigenvalue weighted by Crippen LogP contribution is -2.58. The summed E-state index contributed by atoms with van der Waals surface area (Å²) in [5.74, 6) is -1.77. The van der Waals surface area contributed by atoms with Crippen LogP contribution in [0.15, 0.2) is 59.9 Å². The summed E-state index contributed by atoms with van der Waals surface area (Å²) in [6.07, 6.45) is 1.14. The molecule has 9 nitrogen and oxygen atoms in total. The van der Waals surface area contributed by atoms with Gasteiger partial charge in [0, 0.05) is 44.2 Å². The summed E-state index contributed by atoms with van der Waals surface area (Å²) in [5.41, 5.74) is 1.22. The molecule has 2 aromatic carbocycles. The molecule has 2 bridgehead atoms. The van der Waals surface area contributed by atoms with Gasteiger partial charge in [-0.2, -0.15) is 4.98 Å². The predicted molar refractivity (Wildman–Crippen MR) is 175 cm³/mol. The molecule has 1 saturated heterocycles. The van der Waals surface area contributed by atoms with E-state index < -0.39 is 17.3 Å². The molecular formula is C35H36F2N6O3. The van der Waals surface area contributed by atoms with Crippen LogP contribution in [-0.4, -0.2) is 69.9 Å². The second-order valence-corrected chi connectivity index (χ2v) is 12.5. The fourth-order valence-electron chi connectivity index (χ4n) is 6.71. The molecule has 0 radical (unpaired) electrons. The minimum Gasteiger partial charge on any atom is -0.366 e. The zero-order valence-corrected chi connectivity index (χ0v) is 26.6. The molecule has 0 aliphatic carbocycles. The molecule has 0 unspecified atom stereocenters. The Bertz CT molecular complexity index is 1970. The number of pyridine rings is 1. The van der Waals surface area contributed by atoms with Crippen LogP contribution in [0.2, 0.25) is 0 Å². The van der Waals surface area contributed by atoms with Gasteiger partial charge in [-0.3, -0.25) is 9.59 Å². The number of piperazine rings is 1. The molecule has 1 amide bonds. The van der Waals surface area contributed by atoms with Crippen molar-refractivity contribution >= 4 is 34.2 Å². The maximum atomic E-state index is 16.3. The third-order valence-electron chi connectivity index (χ3n) is 8.96. The molecular weight excluding hydrogens is 590 g/mol. The van der Waals surface area contributed by atoms with Crippen molar-refractivity contribution in [3.05, 3.63) is 88.4 Å². The third-order valence-corrected chi connectivity index (χ3v) is 8.96. The Morgan fingerprint density at radius 2 is 1.76 bits per heavy atom. The fraction of sp³-hybridized carbons (Fsp3) is 0.343. The number of carbonyl (C=O) groups is 2. The summed E-state index contributed by atoms with van der Waals surface area (Å²) >= 11 is 0. The Kier molecular flexibility index (Phi) is 7.95. The topological polar surface area (TPSA) is 91.6 Å². The first-order chi connectivity index (χ1) is 21.9. The standard InChI is InChI=1S/C35H36F2N6O3/c1-7-29(45)41-16-21(5)42(17-20(41)4)33-25-15-27(37)31-30-22(10-8-12-26(30)36)14-23(44)18-40(6)28-13-9-11-24(19(2)3)32(28)43(34(25)38-31)35(46)39-33/h7-13,15,19-21H,1,14,16-18H2,2-6H3/t20-,21+/m1/s1. The number of halogens is 2. The van der Waals surface area contributed by atoms with Gasteiger partial charge in [0.25, 0.3) is 0 Å². The molecule has 2 aromatic heterocycles. The maximum absolute atomic E-state index is 16.3. The van der Waals surface area contributed by atoms with E-state index in [4.69, 9.17) is 4.98 Å². The SMILES string of the molecule is C=CC(=O)N1C[C@H](C)N(c2nc(=O)n3c4nc(c(F)cc24)-c2c(F)cccc2CC(=O)CN(C)c2cccc(C(C)C)c2-3)C[C@H]1C. The monoisotopic (exact) mass is 626 g/mol. The molecule has 1 fully saturated rings. The van der Waals surface area contributed by atoms with E-state index in [2.05, 4.69) is 11.6 Å². The molecule has 0 spiro atoms. The highest BCUT2D eigenvalue weighted by atomic mass is 19.1. The number of rotatable bonds is 3. The lowest BCUT2D eigenvalue weighted by Gasteiger charge is -2.44. The van der Waals surface area contributed by atoms with Gasteiger partial charge in [-0.1, -0.05) is 44.7 Å². The Morgan fingerprint density at radius 1 is 1.02 bits per heavy atom. The zero-order chi connectivity index (χ0) is 33.0. The van der Waals surface area contributed by atoms with Crippen LogP contribution in [0.1, 0.15) is 44.7 Å². The maximum Gasteiger partial charge on any atom is 0.355 e. The van der Waals surface area contributed by atoms with E-state index in [1.807, 2.05) is 50.8 Å². The van der Waals surface area contributed by atoms with Crippen LogP contribution in [0.3, 0.4) is 0 Å². The van der Waals surface area contributed by atoms with Crippen molar-refractivity contribution in [3.63, 3.8) is 0 Å². The molecule has 46 heavy (non-hydrogen) atoms. The normalized spacial score (nSPS) is 18.3. The summed E-state index contributed by atoms with van der Waals surface area (Å²) in [5, 5.41) is 0.265. The van der Waals surface area contributed by atoms with Crippen LogP contribution in [0.4, 0.5) is 20.3 Å². The number of para-hydroxylation sites is 1. The molecule has 0 N–H and O–H groups in total.